The van der Waals surface area contributed by atoms with Gasteiger partial charge in [0.1, 0.15) is 18.4 Å². The Bertz CT molecular complexity index is 223. The van der Waals surface area contributed by atoms with Crippen LogP contribution in [0.1, 0.15) is 20.3 Å². The molecule has 2 atom stereocenters. The van der Waals surface area contributed by atoms with Gasteiger partial charge in [0.15, 0.2) is 0 Å². The molecule has 3 heteroatoms. The summed E-state index contributed by atoms with van der Waals surface area (Å²) >= 11 is 0. The highest BCUT2D eigenvalue weighted by atomic mass is 16.3. The van der Waals surface area contributed by atoms with Crippen LogP contribution in [0.4, 0.5) is 0 Å². The first kappa shape index (κ1) is 11.7. The van der Waals surface area contributed by atoms with Crippen molar-refractivity contribution in [2.75, 3.05) is 27.2 Å². The Kier molecular flexibility index (Phi) is 3.32. The van der Waals surface area contributed by atoms with Gasteiger partial charge in [-0.15, -0.1) is 0 Å². The van der Waals surface area contributed by atoms with E-state index >= 15 is 0 Å². The van der Waals surface area contributed by atoms with E-state index in [4.69, 9.17) is 0 Å². The fraction of sp³-hybridized carbons (Fsp3) is 0.909. The van der Waals surface area contributed by atoms with E-state index in [1.54, 1.807) is 0 Å². The number of hydrogen-bond donors (Lipinski definition) is 1. The van der Waals surface area contributed by atoms with Crippen LogP contribution in [0.15, 0.2) is 0 Å². The molecular weight excluding hydrogens is 178 g/mol. The van der Waals surface area contributed by atoms with Crippen molar-refractivity contribution < 1.29 is 14.4 Å². The maximum absolute atomic E-state index is 11.8. The maximum atomic E-state index is 11.8. The molecule has 1 heterocycles. The van der Waals surface area contributed by atoms with Gasteiger partial charge in [-0.2, -0.15) is 0 Å². The molecule has 0 aromatic rings. The Labute approximate surface area is 86.3 Å². The molecule has 0 bridgehead atoms. The molecule has 1 fully saturated rings. The van der Waals surface area contributed by atoms with Crippen molar-refractivity contribution in [3.8, 4) is 0 Å². The third kappa shape index (κ3) is 2.55. The van der Waals surface area contributed by atoms with Gasteiger partial charge < -0.3 is 9.59 Å². The number of nitrogens with zero attached hydrogens (tertiary/aromatic N) is 1. The minimum absolute atomic E-state index is 0.0448. The lowest BCUT2D eigenvalue weighted by atomic mass is 9.84. The average Bonchev–Trinajstić information content (AvgIpc) is 2.01. The van der Waals surface area contributed by atoms with Crippen molar-refractivity contribution in [3.05, 3.63) is 0 Å². The predicted molar refractivity (Wildman–Crippen MR) is 55.8 cm³/mol. The van der Waals surface area contributed by atoms with Crippen molar-refractivity contribution in [1.82, 2.24) is 0 Å². The first-order valence-electron chi connectivity index (χ1n) is 5.37. The predicted octanol–water partition coefficient (Wildman–Crippen LogP) is 0.669. The van der Waals surface area contributed by atoms with E-state index in [1.165, 1.54) is 0 Å². The van der Waals surface area contributed by atoms with Gasteiger partial charge in [-0.1, -0.05) is 13.8 Å². The minimum atomic E-state index is -0.450. The Morgan fingerprint density at radius 3 is 2.43 bits per heavy atom. The Hall–Kier alpha value is -0.410. The lowest BCUT2D eigenvalue weighted by Crippen LogP contribution is -2.55. The van der Waals surface area contributed by atoms with Gasteiger partial charge in [0.05, 0.1) is 26.6 Å². The molecule has 0 spiro atoms. The number of likely N-dealkylation sites (N-methyl/N-ethyl adjacent to an activating group) is 1. The van der Waals surface area contributed by atoms with Gasteiger partial charge in [-0.25, -0.2) is 0 Å². The summed E-state index contributed by atoms with van der Waals surface area (Å²) in [5, 5.41) is 9.89. The summed E-state index contributed by atoms with van der Waals surface area (Å²) in [6.45, 7) is 5.50. The second-order valence-corrected chi connectivity index (χ2v) is 5.36. The summed E-state index contributed by atoms with van der Waals surface area (Å²) in [5.41, 5.74) is 0. The monoisotopic (exact) mass is 200 g/mol. The van der Waals surface area contributed by atoms with E-state index in [1.807, 2.05) is 13.8 Å². The number of rotatable bonds is 2. The molecule has 0 saturated carbocycles. The highest BCUT2D eigenvalue weighted by molar-refractivity contribution is 5.83. The molecule has 2 unspecified atom stereocenters. The molecule has 1 aliphatic heterocycles. The van der Waals surface area contributed by atoms with Crippen molar-refractivity contribution in [3.63, 3.8) is 0 Å². The highest BCUT2D eigenvalue weighted by Gasteiger charge is 2.38. The van der Waals surface area contributed by atoms with Crippen LogP contribution < -0.4 is 0 Å². The van der Waals surface area contributed by atoms with Crippen LogP contribution in [0.5, 0.6) is 0 Å². The lowest BCUT2D eigenvalue weighted by molar-refractivity contribution is -0.899. The second-order valence-electron chi connectivity index (χ2n) is 5.36. The van der Waals surface area contributed by atoms with Crippen LogP contribution in [-0.4, -0.2) is 48.7 Å². The second kappa shape index (κ2) is 3.99. The number of carbonyl (C=O) groups excluding carboxylic acids is 1. The van der Waals surface area contributed by atoms with Crippen molar-refractivity contribution >= 4 is 5.78 Å². The summed E-state index contributed by atoms with van der Waals surface area (Å²) in [5.74, 6) is 0.140. The number of carbonyl (C=O) groups is 1. The van der Waals surface area contributed by atoms with E-state index in [-0.39, 0.29) is 17.6 Å². The quantitative estimate of drug-likeness (QED) is 0.665. The number of aliphatic hydroxyl groups is 1. The van der Waals surface area contributed by atoms with Crippen molar-refractivity contribution in [2.24, 2.45) is 11.8 Å². The summed E-state index contributed by atoms with van der Waals surface area (Å²) < 4.78 is 0.822. The minimum Gasteiger partial charge on any atom is -0.386 e. The van der Waals surface area contributed by atoms with Gasteiger partial charge >= 0.3 is 0 Å². The zero-order chi connectivity index (χ0) is 10.9. The smallest absolute Gasteiger partial charge is 0.141 e. The van der Waals surface area contributed by atoms with E-state index < -0.39 is 6.10 Å². The number of aliphatic hydroxyl groups excluding tert-OH is 1. The van der Waals surface area contributed by atoms with Gasteiger partial charge in [0, 0.05) is 12.3 Å². The van der Waals surface area contributed by atoms with Crippen LogP contribution >= 0.6 is 0 Å². The summed E-state index contributed by atoms with van der Waals surface area (Å²) in [7, 11) is 4.19. The van der Waals surface area contributed by atoms with E-state index in [2.05, 4.69) is 14.1 Å². The normalized spacial score (nSPS) is 31.9. The SMILES string of the molecule is CC(C)C(=O)C1CC[N+](C)(C)CC1O. The number of ketones is 1. The standard InChI is InChI=1S/C11H22NO2/c1-8(2)11(14)9-5-6-12(3,4)7-10(9)13/h8-10,13H,5-7H2,1-4H3/q+1. The van der Waals surface area contributed by atoms with Gasteiger partial charge in [0.2, 0.25) is 0 Å². The van der Waals surface area contributed by atoms with Crippen molar-refractivity contribution in [2.45, 2.75) is 26.4 Å². The Morgan fingerprint density at radius 1 is 1.43 bits per heavy atom. The third-order valence-electron chi connectivity index (χ3n) is 3.13. The van der Waals surface area contributed by atoms with Crippen LogP contribution in [0.25, 0.3) is 0 Å². The largest absolute Gasteiger partial charge is 0.386 e. The maximum Gasteiger partial charge on any atom is 0.141 e. The first-order chi connectivity index (χ1) is 6.33. The average molecular weight is 200 g/mol. The number of likely N-dealkylation sites (tertiary alicyclic amines) is 1. The molecule has 0 amide bonds. The molecule has 3 nitrogen and oxygen atoms in total. The van der Waals surface area contributed by atoms with Crippen LogP contribution in [0.2, 0.25) is 0 Å². The summed E-state index contributed by atoms with van der Waals surface area (Å²) in [6, 6.07) is 0. The van der Waals surface area contributed by atoms with Gasteiger partial charge in [-0.3, -0.25) is 4.79 Å². The van der Waals surface area contributed by atoms with E-state index in [0.717, 1.165) is 17.4 Å². The molecule has 1 saturated heterocycles. The third-order valence-corrected chi connectivity index (χ3v) is 3.13. The van der Waals surface area contributed by atoms with Crippen LogP contribution in [0, 0.1) is 11.8 Å². The van der Waals surface area contributed by atoms with Crippen LogP contribution in [-0.2, 0) is 4.79 Å². The molecule has 0 aromatic heterocycles. The van der Waals surface area contributed by atoms with E-state index in [0.29, 0.717) is 6.54 Å². The zero-order valence-corrected chi connectivity index (χ0v) is 9.66. The molecule has 0 aromatic carbocycles. The first-order valence-corrected chi connectivity index (χ1v) is 5.37. The molecule has 1 aliphatic rings. The molecule has 82 valence electrons. The topological polar surface area (TPSA) is 37.3 Å². The zero-order valence-electron chi connectivity index (χ0n) is 9.66. The summed E-state index contributed by atoms with van der Waals surface area (Å²) in [4.78, 5) is 11.8. The number of piperidine rings is 1. The van der Waals surface area contributed by atoms with Crippen molar-refractivity contribution in [1.29, 1.82) is 0 Å². The molecule has 1 N–H and O–H groups in total. The molecule has 1 rings (SSSR count). The van der Waals surface area contributed by atoms with E-state index in [9.17, 15) is 9.90 Å². The fourth-order valence-electron chi connectivity index (χ4n) is 2.17. The van der Waals surface area contributed by atoms with Gasteiger partial charge in [0.25, 0.3) is 0 Å². The Morgan fingerprint density at radius 2 is 2.00 bits per heavy atom. The number of hydrogen-bond acceptors (Lipinski definition) is 2. The van der Waals surface area contributed by atoms with Gasteiger partial charge in [-0.05, 0) is 0 Å². The fourth-order valence-corrected chi connectivity index (χ4v) is 2.17. The Balaban J connectivity index is 2.63. The lowest BCUT2D eigenvalue weighted by Gasteiger charge is -2.40. The molecule has 14 heavy (non-hydrogen) atoms. The molecule has 0 aliphatic carbocycles. The number of quaternary nitrogens is 1. The number of Topliss-reactive ketones (excluding diaryl/α,β-unsaturated/α-hetero) is 1. The molecular formula is C11H22NO2+. The summed E-state index contributed by atoms with van der Waals surface area (Å²) in [6.07, 6.45) is 0.374. The molecule has 0 radical (unpaired) electrons. The van der Waals surface area contributed by atoms with Crippen LogP contribution in [0.3, 0.4) is 0 Å². The highest BCUT2D eigenvalue weighted by Crippen LogP contribution is 2.24.